The van der Waals surface area contributed by atoms with Crippen molar-refractivity contribution in [1.82, 2.24) is 4.57 Å². The lowest BCUT2D eigenvalue weighted by molar-refractivity contribution is 0.0921. The molecule has 0 amide bonds. The number of halogens is 1. The second-order valence-electron chi connectivity index (χ2n) is 7.93. The van der Waals surface area contributed by atoms with Crippen LogP contribution in [0.25, 0.3) is 11.1 Å². The predicted molar refractivity (Wildman–Crippen MR) is 123 cm³/mol. The van der Waals surface area contributed by atoms with Crippen molar-refractivity contribution in [1.29, 1.82) is 0 Å². The highest BCUT2D eigenvalue weighted by molar-refractivity contribution is 7.91. The Morgan fingerprint density at radius 2 is 1.84 bits per heavy atom. The number of nitrogens with zero attached hydrogens (tertiary/aromatic N) is 1. The van der Waals surface area contributed by atoms with E-state index < -0.39 is 9.84 Å². The topological polar surface area (TPSA) is 65.4 Å². The molecule has 1 atom stereocenters. The number of carbonyl (C=O) groups is 1. The molecular weight excluding hydrogens is 434 g/mol. The Kier molecular flexibility index (Phi) is 5.95. The van der Waals surface area contributed by atoms with Crippen LogP contribution in [0.1, 0.15) is 34.2 Å². The summed E-state index contributed by atoms with van der Waals surface area (Å²) in [4.78, 5) is 12.8. The minimum Gasteiger partial charge on any atom is -0.484 e. The molecule has 3 aromatic rings. The molecular formula is C24H24ClNO4S. The summed E-state index contributed by atoms with van der Waals surface area (Å²) in [6, 6.07) is 17.1. The van der Waals surface area contributed by atoms with Gasteiger partial charge in [0, 0.05) is 23.0 Å². The van der Waals surface area contributed by atoms with Crippen molar-refractivity contribution in [2.45, 2.75) is 26.3 Å². The first-order valence-electron chi connectivity index (χ1n) is 10.1. The molecule has 1 saturated heterocycles. The van der Waals surface area contributed by atoms with Crippen LogP contribution in [0, 0.1) is 13.8 Å². The van der Waals surface area contributed by atoms with Gasteiger partial charge in [-0.25, -0.2) is 8.42 Å². The largest absolute Gasteiger partial charge is 0.484 e. The zero-order valence-electron chi connectivity index (χ0n) is 17.5. The number of ketones is 1. The molecule has 0 saturated carbocycles. The average molecular weight is 458 g/mol. The van der Waals surface area contributed by atoms with Gasteiger partial charge in [0.2, 0.25) is 5.78 Å². The van der Waals surface area contributed by atoms with Crippen LogP contribution < -0.4 is 4.74 Å². The maximum Gasteiger partial charge on any atom is 0.202 e. The lowest BCUT2D eigenvalue weighted by atomic mass is 10.1. The summed E-state index contributed by atoms with van der Waals surface area (Å²) in [7, 11) is -3.01. The first kappa shape index (κ1) is 21.7. The molecule has 1 aliphatic rings. The van der Waals surface area contributed by atoms with Gasteiger partial charge in [-0.05, 0) is 49.6 Å². The Labute approximate surface area is 187 Å². The molecule has 2 aromatic carbocycles. The van der Waals surface area contributed by atoms with Crippen LogP contribution in [0.5, 0.6) is 5.75 Å². The van der Waals surface area contributed by atoms with E-state index >= 15 is 0 Å². The SMILES string of the molecule is Cc1cc(C(=O)COc2ccc(-c3ccccc3)cc2Cl)c(C)n1[C@@H]1CCS(=O)(=O)C1. The fourth-order valence-corrected chi connectivity index (χ4v) is 6.18. The quantitative estimate of drug-likeness (QED) is 0.486. The summed E-state index contributed by atoms with van der Waals surface area (Å²) in [5.74, 6) is 0.601. The van der Waals surface area contributed by atoms with Gasteiger partial charge in [-0.15, -0.1) is 0 Å². The van der Waals surface area contributed by atoms with Crippen LogP contribution in [-0.2, 0) is 9.84 Å². The second-order valence-corrected chi connectivity index (χ2v) is 10.6. The van der Waals surface area contributed by atoms with Crippen LogP contribution in [0.15, 0.2) is 54.6 Å². The number of sulfone groups is 1. The van der Waals surface area contributed by atoms with Crippen molar-refractivity contribution in [3.63, 3.8) is 0 Å². The van der Waals surface area contributed by atoms with E-state index in [-0.39, 0.29) is 29.9 Å². The molecule has 0 unspecified atom stereocenters. The van der Waals surface area contributed by atoms with Crippen molar-refractivity contribution in [2.24, 2.45) is 0 Å². The van der Waals surface area contributed by atoms with Crippen molar-refractivity contribution >= 4 is 27.2 Å². The summed E-state index contributed by atoms with van der Waals surface area (Å²) >= 11 is 6.38. The van der Waals surface area contributed by atoms with Crippen molar-refractivity contribution in [2.75, 3.05) is 18.1 Å². The smallest absolute Gasteiger partial charge is 0.202 e. The number of Topliss-reactive ketones (excluding diaryl/α,β-unsaturated/α-hetero) is 1. The van der Waals surface area contributed by atoms with E-state index in [1.165, 1.54) is 0 Å². The fourth-order valence-electron chi connectivity index (χ4n) is 4.25. The molecule has 2 heterocycles. The maximum atomic E-state index is 12.8. The molecule has 31 heavy (non-hydrogen) atoms. The number of benzene rings is 2. The van der Waals surface area contributed by atoms with Crippen LogP contribution in [-0.4, -0.2) is 36.9 Å². The lowest BCUT2D eigenvalue weighted by Gasteiger charge is -2.16. The Hall–Kier alpha value is -2.57. The third kappa shape index (κ3) is 4.55. The van der Waals surface area contributed by atoms with Crippen molar-refractivity contribution in [3.05, 3.63) is 76.6 Å². The second kappa shape index (κ2) is 8.52. The summed E-state index contributed by atoms with van der Waals surface area (Å²) < 4.78 is 31.4. The Balaban J connectivity index is 1.48. The number of aryl methyl sites for hydroxylation is 1. The molecule has 0 spiro atoms. The van der Waals surface area contributed by atoms with Crippen LogP contribution >= 0.6 is 11.6 Å². The van der Waals surface area contributed by atoms with E-state index in [9.17, 15) is 13.2 Å². The van der Waals surface area contributed by atoms with Crippen molar-refractivity contribution in [3.8, 4) is 16.9 Å². The van der Waals surface area contributed by atoms with E-state index in [0.717, 1.165) is 22.5 Å². The monoisotopic (exact) mass is 457 g/mol. The zero-order chi connectivity index (χ0) is 22.2. The predicted octanol–water partition coefficient (Wildman–Crippen LogP) is 5.05. The average Bonchev–Trinajstić information content (AvgIpc) is 3.25. The summed E-state index contributed by atoms with van der Waals surface area (Å²) in [6.45, 7) is 3.61. The molecule has 1 aliphatic heterocycles. The van der Waals surface area contributed by atoms with Gasteiger partial charge in [-0.3, -0.25) is 4.79 Å². The minimum absolute atomic E-state index is 0.118. The third-order valence-electron chi connectivity index (χ3n) is 5.76. The molecule has 0 N–H and O–H groups in total. The fraction of sp³-hybridized carbons (Fsp3) is 0.292. The molecule has 5 nitrogen and oxygen atoms in total. The Morgan fingerprint density at radius 3 is 2.48 bits per heavy atom. The number of aromatic nitrogens is 1. The van der Waals surface area contributed by atoms with E-state index in [1.807, 2.05) is 66.9 Å². The molecule has 1 aromatic heterocycles. The van der Waals surface area contributed by atoms with E-state index in [2.05, 4.69) is 0 Å². The first-order valence-corrected chi connectivity index (χ1v) is 12.3. The number of ether oxygens (including phenoxy) is 1. The molecule has 1 fully saturated rings. The standard InChI is InChI=1S/C24H24ClNO4S/c1-16-12-21(17(2)26(16)20-10-11-31(28,29)15-20)23(27)14-30-24-9-8-19(13-22(24)25)18-6-4-3-5-7-18/h3-9,12-13,20H,10-11,14-15H2,1-2H3/t20-/m1/s1. The van der Waals surface area contributed by atoms with Gasteiger partial charge in [-0.1, -0.05) is 48.0 Å². The number of hydrogen-bond acceptors (Lipinski definition) is 4. The molecule has 0 aliphatic carbocycles. The molecule has 0 bridgehead atoms. The molecule has 7 heteroatoms. The van der Waals surface area contributed by atoms with Crippen LogP contribution in [0.3, 0.4) is 0 Å². The Morgan fingerprint density at radius 1 is 1.10 bits per heavy atom. The van der Waals surface area contributed by atoms with Gasteiger partial charge in [0.05, 0.1) is 16.5 Å². The highest BCUT2D eigenvalue weighted by Crippen LogP contribution is 2.32. The highest BCUT2D eigenvalue weighted by atomic mass is 35.5. The van der Waals surface area contributed by atoms with Gasteiger partial charge < -0.3 is 9.30 Å². The highest BCUT2D eigenvalue weighted by Gasteiger charge is 2.31. The molecule has 162 valence electrons. The van der Waals surface area contributed by atoms with Gasteiger partial charge in [-0.2, -0.15) is 0 Å². The van der Waals surface area contributed by atoms with Gasteiger partial charge in [0.25, 0.3) is 0 Å². The first-order chi connectivity index (χ1) is 14.7. The normalized spacial score (nSPS) is 17.6. The van der Waals surface area contributed by atoms with Gasteiger partial charge in [0.1, 0.15) is 5.75 Å². The van der Waals surface area contributed by atoms with Gasteiger partial charge in [0.15, 0.2) is 16.4 Å². The van der Waals surface area contributed by atoms with Gasteiger partial charge >= 0.3 is 0 Å². The number of hydrogen-bond donors (Lipinski definition) is 0. The maximum absolute atomic E-state index is 12.8. The summed E-state index contributed by atoms with van der Waals surface area (Å²) in [5.41, 5.74) is 4.23. The number of rotatable bonds is 6. The van der Waals surface area contributed by atoms with Crippen molar-refractivity contribution < 1.29 is 17.9 Å². The van der Waals surface area contributed by atoms with Crippen LogP contribution in [0.2, 0.25) is 5.02 Å². The van der Waals surface area contributed by atoms with E-state index in [4.69, 9.17) is 16.3 Å². The summed E-state index contributed by atoms with van der Waals surface area (Å²) in [5, 5.41) is 0.441. The lowest BCUT2D eigenvalue weighted by Crippen LogP contribution is -2.16. The Bertz CT molecular complexity index is 1230. The van der Waals surface area contributed by atoms with E-state index in [1.54, 1.807) is 6.07 Å². The van der Waals surface area contributed by atoms with E-state index in [0.29, 0.717) is 22.8 Å². The van der Waals surface area contributed by atoms with Crippen LogP contribution in [0.4, 0.5) is 0 Å². The number of carbonyl (C=O) groups excluding carboxylic acids is 1. The molecule has 4 rings (SSSR count). The summed E-state index contributed by atoms with van der Waals surface area (Å²) in [6.07, 6.45) is 0.576. The zero-order valence-corrected chi connectivity index (χ0v) is 19.0. The minimum atomic E-state index is -3.01. The third-order valence-corrected chi connectivity index (χ3v) is 7.80. The molecule has 0 radical (unpaired) electrons.